The zero-order valence-corrected chi connectivity index (χ0v) is 16.3. The van der Waals surface area contributed by atoms with Crippen molar-refractivity contribution >= 4 is 21.8 Å². The van der Waals surface area contributed by atoms with Gasteiger partial charge in [-0.15, -0.1) is 0 Å². The minimum atomic E-state index is -0.0809. The topological polar surface area (TPSA) is 56.8 Å². The molecule has 6 heteroatoms. The summed E-state index contributed by atoms with van der Waals surface area (Å²) >= 11 is 3.41. The van der Waals surface area contributed by atoms with Crippen LogP contribution in [-0.2, 0) is 11.2 Å². The molecule has 0 aliphatic carbocycles. The Kier molecular flexibility index (Phi) is 6.70. The van der Waals surface area contributed by atoms with Crippen molar-refractivity contribution in [3.8, 4) is 17.2 Å². The molecule has 1 N–H and O–H groups in total. The summed E-state index contributed by atoms with van der Waals surface area (Å²) in [6.07, 6.45) is 0.220. The number of hydrogen-bond acceptors (Lipinski definition) is 4. The number of amides is 1. The first kappa shape index (κ1) is 19.1. The summed E-state index contributed by atoms with van der Waals surface area (Å²) in [4.78, 5) is 12.4. The van der Waals surface area contributed by atoms with E-state index in [1.807, 2.05) is 31.2 Å². The molecular weight excluding hydrogens is 386 g/mol. The van der Waals surface area contributed by atoms with Gasteiger partial charge in [-0.2, -0.15) is 0 Å². The molecule has 134 valence electrons. The van der Waals surface area contributed by atoms with Gasteiger partial charge in [0.05, 0.1) is 33.8 Å². The van der Waals surface area contributed by atoms with Crippen LogP contribution in [-0.4, -0.2) is 27.2 Å². The molecule has 2 aromatic carbocycles. The standard InChI is InChI=1S/C19H22BrNO4/c1-12(14-5-7-15(20)8-6-14)21-18(22)11-13-9-16(23-2)19(25-4)17(10-13)24-3/h5-10,12H,11H2,1-4H3,(H,21,22)/t12-/m0/s1. The second-order valence-corrected chi connectivity index (χ2v) is 6.47. The fraction of sp³-hybridized carbons (Fsp3) is 0.316. The van der Waals surface area contributed by atoms with E-state index in [9.17, 15) is 4.79 Å². The predicted octanol–water partition coefficient (Wildman–Crippen LogP) is 3.89. The van der Waals surface area contributed by atoms with Gasteiger partial charge >= 0.3 is 0 Å². The van der Waals surface area contributed by atoms with Crippen LogP contribution in [0.5, 0.6) is 17.2 Å². The van der Waals surface area contributed by atoms with Gasteiger partial charge in [-0.3, -0.25) is 4.79 Å². The lowest BCUT2D eigenvalue weighted by Gasteiger charge is -2.16. The zero-order chi connectivity index (χ0) is 18.4. The molecule has 0 saturated heterocycles. The van der Waals surface area contributed by atoms with Crippen LogP contribution in [0, 0.1) is 0 Å². The van der Waals surface area contributed by atoms with Gasteiger partial charge in [0.25, 0.3) is 0 Å². The molecule has 1 amide bonds. The van der Waals surface area contributed by atoms with E-state index in [2.05, 4.69) is 21.2 Å². The number of carbonyl (C=O) groups is 1. The highest BCUT2D eigenvalue weighted by atomic mass is 79.9. The van der Waals surface area contributed by atoms with Crippen LogP contribution in [0.2, 0.25) is 0 Å². The molecule has 2 aromatic rings. The number of hydrogen-bond donors (Lipinski definition) is 1. The smallest absolute Gasteiger partial charge is 0.224 e. The Bertz CT molecular complexity index is 706. The Morgan fingerprint density at radius 2 is 1.60 bits per heavy atom. The Morgan fingerprint density at radius 3 is 2.08 bits per heavy atom. The highest BCUT2D eigenvalue weighted by Crippen LogP contribution is 2.38. The van der Waals surface area contributed by atoms with Gasteiger partial charge in [0, 0.05) is 4.47 Å². The summed E-state index contributed by atoms with van der Waals surface area (Å²) in [5.74, 6) is 1.50. The van der Waals surface area contributed by atoms with Crippen molar-refractivity contribution in [2.75, 3.05) is 21.3 Å². The zero-order valence-electron chi connectivity index (χ0n) is 14.8. The molecule has 0 aliphatic rings. The summed E-state index contributed by atoms with van der Waals surface area (Å²) in [6.45, 7) is 1.95. The molecule has 0 fully saturated rings. The number of methoxy groups -OCH3 is 3. The van der Waals surface area contributed by atoms with Crippen LogP contribution < -0.4 is 19.5 Å². The van der Waals surface area contributed by atoms with Crippen LogP contribution >= 0.6 is 15.9 Å². The molecule has 0 aromatic heterocycles. The minimum absolute atomic E-state index is 0.0790. The Morgan fingerprint density at radius 1 is 1.04 bits per heavy atom. The predicted molar refractivity (Wildman–Crippen MR) is 101 cm³/mol. The molecule has 0 spiro atoms. The number of halogens is 1. The van der Waals surface area contributed by atoms with Gasteiger partial charge in [-0.05, 0) is 42.3 Å². The first-order valence-electron chi connectivity index (χ1n) is 7.82. The van der Waals surface area contributed by atoms with E-state index in [0.29, 0.717) is 17.2 Å². The quantitative estimate of drug-likeness (QED) is 0.755. The highest BCUT2D eigenvalue weighted by molar-refractivity contribution is 9.10. The lowest BCUT2D eigenvalue weighted by atomic mass is 10.1. The third-order valence-electron chi connectivity index (χ3n) is 3.84. The SMILES string of the molecule is COc1cc(CC(=O)N[C@@H](C)c2ccc(Br)cc2)cc(OC)c1OC. The van der Waals surface area contributed by atoms with E-state index in [0.717, 1.165) is 15.6 Å². The highest BCUT2D eigenvalue weighted by Gasteiger charge is 2.16. The second-order valence-electron chi connectivity index (χ2n) is 5.55. The van der Waals surface area contributed by atoms with Crippen LogP contribution in [0.1, 0.15) is 24.1 Å². The van der Waals surface area contributed by atoms with Gasteiger partial charge in [0.15, 0.2) is 11.5 Å². The van der Waals surface area contributed by atoms with Gasteiger partial charge in [-0.25, -0.2) is 0 Å². The third-order valence-corrected chi connectivity index (χ3v) is 4.37. The largest absolute Gasteiger partial charge is 0.493 e. The van der Waals surface area contributed by atoms with Crippen LogP contribution in [0.25, 0.3) is 0 Å². The fourth-order valence-corrected chi connectivity index (χ4v) is 2.81. The van der Waals surface area contributed by atoms with Crippen molar-refractivity contribution in [3.63, 3.8) is 0 Å². The molecule has 0 heterocycles. The molecule has 0 unspecified atom stereocenters. The van der Waals surface area contributed by atoms with E-state index in [1.165, 1.54) is 0 Å². The Hall–Kier alpha value is -2.21. The number of nitrogens with one attached hydrogen (secondary N) is 1. The van der Waals surface area contributed by atoms with Crippen molar-refractivity contribution < 1.29 is 19.0 Å². The number of rotatable bonds is 7. The van der Waals surface area contributed by atoms with Crippen LogP contribution in [0.4, 0.5) is 0 Å². The molecular formula is C19H22BrNO4. The summed E-state index contributed by atoms with van der Waals surface area (Å²) in [7, 11) is 4.65. The van der Waals surface area contributed by atoms with Crippen molar-refractivity contribution in [1.82, 2.24) is 5.32 Å². The molecule has 0 aliphatic heterocycles. The Labute approximate surface area is 156 Å². The van der Waals surface area contributed by atoms with Gasteiger partial charge in [0.2, 0.25) is 11.7 Å². The lowest BCUT2D eigenvalue weighted by molar-refractivity contribution is -0.121. The second kappa shape index (κ2) is 8.76. The average Bonchev–Trinajstić information content (AvgIpc) is 2.61. The van der Waals surface area contributed by atoms with E-state index in [-0.39, 0.29) is 18.4 Å². The minimum Gasteiger partial charge on any atom is -0.493 e. The number of ether oxygens (including phenoxy) is 3. The first-order chi connectivity index (χ1) is 12.0. The van der Waals surface area contributed by atoms with Crippen LogP contribution in [0.3, 0.4) is 0 Å². The third kappa shape index (κ3) is 4.89. The molecule has 1 atom stereocenters. The summed E-state index contributed by atoms with van der Waals surface area (Å²) in [6, 6.07) is 11.4. The van der Waals surface area contributed by atoms with E-state index >= 15 is 0 Å². The molecule has 0 radical (unpaired) electrons. The van der Waals surface area contributed by atoms with Crippen molar-refractivity contribution in [2.24, 2.45) is 0 Å². The molecule has 0 bridgehead atoms. The number of carbonyl (C=O) groups excluding carboxylic acids is 1. The molecule has 0 saturated carbocycles. The maximum Gasteiger partial charge on any atom is 0.224 e. The maximum atomic E-state index is 12.4. The maximum absolute atomic E-state index is 12.4. The van der Waals surface area contributed by atoms with Gasteiger partial charge < -0.3 is 19.5 Å². The molecule has 25 heavy (non-hydrogen) atoms. The van der Waals surface area contributed by atoms with Crippen LogP contribution in [0.15, 0.2) is 40.9 Å². The van der Waals surface area contributed by atoms with Crippen molar-refractivity contribution in [1.29, 1.82) is 0 Å². The van der Waals surface area contributed by atoms with E-state index < -0.39 is 0 Å². The average molecular weight is 408 g/mol. The van der Waals surface area contributed by atoms with Crippen molar-refractivity contribution in [2.45, 2.75) is 19.4 Å². The summed E-state index contributed by atoms with van der Waals surface area (Å²) in [5.41, 5.74) is 1.83. The summed E-state index contributed by atoms with van der Waals surface area (Å²) in [5, 5.41) is 3.00. The number of benzene rings is 2. The first-order valence-corrected chi connectivity index (χ1v) is 8.61. The Balaban J connectivity index is 2.10. The normalized spacial score (nSPS) is 11.6. The summed E-state index contributed by atoms with van der Waals surface area (Å²) < 4.78 is 16.9. The van der Waals surface area contributed by atoms with Crippen molar-refractivity contribution in [3.05, 3.63) is 52.0 Å². The molecule has 5 nitrogen and oxygen atoms in total. The van der Waals surface area contributed by atoms with Gasteiger partial charge in [-0.1, -0.05) is 28.1 Å². The van der Waals surface area contributed by atoms with E-state index in [4.69, 9.17) is 14.2 Å². The molecule has 2 rings (SSSR count). The van der Waals surface area contributed by atoms with E-state index in [1.54, 1.807) is 33.5 Å². The lowest BCUT2D eigenvalue weighted by Crippen LogP contribution is -2.28. The monoisotopic (exact) mass is 407 g/mol. The van der Waals surface area contributed by atoms with Gasteiger partial charge in [0.1, 0.15) is 0 Å². The fourth-order valence-electron chi connectivity index (χ4n) is 2.55.